The van der Waals surface area contributed by atoms with Crippen LogP contribution in [0.2, 0.25) is 0 Å². The van der Waals surface area contributed by atoms with Gasteiger partial charge in [0.1, 0.15) is 18.2 Å². The van der Waals surface area contributed by atoms with Crippen molar-refractivity contribution in [3.63, 3.8) is 0 Å². The zero-order chi connectivity index (χ0) is 15.5. The summed E-state index contributed by atoms with van der Waals surface area (Å²) in [6.07, 6.45) is 0. The molecule has 22 heavy (non-hydrogen) atoms. The predicted molar refractivity (Wildman–Crippen MR) is 77.8 cm³/mol. The maximum absolute atomic E-state index is 12.3. The number of para-hydroxylation sites is 2. The summed E-state index contributed by atoms with van der Waals surface area (Å²) in [6.45, 7) is -2.63. The fraction of sp³-hybridized carbons (Fsp3) is 0.188. The van der Waals surface area contributed by atoms with E-state index in [1.165, 1.54) is 6.07 Å². The van der Waals surface area contributed by atoms with Crippen molar-refractivity contribution < 1.29 is 18.6 Å². The lowest BCUT2D eigenvalue weighted by Gasteiger charge is -2.10. The zero-order valence-electron chi connectivity index (χ0n) is 11.6. The molecule has 0 saturated carbocycles. The number of nitrogens with zero attached hydrogens (tertiary/aromatic N) is 2. The van der Waals surface area contributed by atoms with Gasteiger partial charge in [0.2, 0.25) is 0 Å². The number of halogens is 2. The Bertz CT molecular complexity index is 787. The molecule has 114 valence electrons. The number of hydrogen-bond donors (Lipinski definition) is 1. The van der Waals surface area contributed by atoms with E-state index in [0.29, 0.717) is 12.4 Å². The average Bonchev–Trinajstić information content (AvgIpc) is 2.85. The molecule has 0 bridgehead atoms. The van der Waals surface area contributed by atoms with Crippen molar-refractivity contribution in [3.8, 4) is 5.75 Å². The fourth-order valence-corrected chi connectivity index (χ4v) is 2.43. The standard InChI is InChI=1S/C16H14F2N2O2/c17-16(18)22-12-5-3-4-11(8-12)9-20-14-7-2-1-6-13(14)19-15(20)10-21/h1-8,16,21H,9-10H2. The minimum absolute atomic E-state index is 0.113. The molecule has 3 rings (SSSR count). The molecule has 0 atom stereocenters. The number of aliphatic hydroxyl groups is 1. The molecule has 4 nitrogen and oxygen atoms in total. The predicted octanol–water partition coefficient (Wildman–Crippen LogP) is 3.18. The second-order valence-corrected chi connectivity index (χ2v) is 4.79. The van der Waals surface area contributed by atoms with Gasteiger partial charge >= 0.3 is 6.61 Å². The van der Waals surface area contributed by atoms with Crippen molar-refractivity contribution in [2.45, 2.75) is 19.8 Å². The van der Waals surface area contributed by atoms with Crippen LogP contribution >= 0.6 is 0 Å². The molecule has 0 aliphatic carbocycles. The van der Waals surface area contributed by atoms with Crippen LogP contribution < -0.4 is 4.74 Å². The van der Waals surface area contributed by atoms with Gasteiger partial charge in [-0.3, -0.25) is 0 Å². The molecule has 1 N–H and O–H groups in total. The maximum Gasteiger partial charge on any atom is 0.387 e. The molecule has 1 aromatic heterocycles. The van der Waals surface area contributed by atoms with Gasteiger partial charge in [-0.2, -0.15) is 8.78 Å². The number of benzene rings is 2. The molecule has 0 aliphatic heterocycles. The van der Waals surface area contributed by atoms with Gasteiger partial charge in [-0.25, -0.2) is 4.98 Å². The van der Waals surface area contributed by atoms with E-state index in [-0.39, 0.29) is 12.4 Å². The molecule has 0 spiro atoms. The van der Waals surface area contributed by atoms with Crippen LogP contribution in [0.15, 0.2) is 48.5 Å². The van der Waals surface area contributed by atoms with E-state index in [2.05, 4.69) is 9.72 Å². The maximum atomic E-state index is 12.3. The van der Waals surface area contributed by atoms with E-state index in [4.69, 9.17) is 0 Å². The summed E-state index contributed by atoms with van der Waals surface area (Å²) >= 11 is 0. The van der Waals surface area contributed by atoms with Crippen LogP contribution in [0.4, 0.5) is 8.78 Å². The number of fused-ring (bicyclic) bond motifs is 1. The molecule has 2 aromatic carbocycles. The quantitative estimate of drug-likeness (QED) is 0.787. The van der Waals surface area contributed by atoms with Gasteiger partial charge in [0.15, 0.2) is 0 Å². The van der Waals surface area contributed by atoms with Gasteiger partial charge in [-0.05, 0) is 29.8 Å². The molecule has 6 heteroatoms. The van der Waals surface area contributed by atoms with Crippen LogP contribution in [0.3, 0.4) is 0 Å². The van der Waals surface area contributed by atoms with Crippen molar-refractivity contribution in [1.29, 1.82) is 0 Å². The molecule has 0 aliphatic rings. The first-order chi connectivity index (χ1) is 10.7. The van der Waals surface area contributed by atoms with Crippen LogP contribution in [0.5, 0.6) is 5.75 Å². The van der Waals surface area contributed by atoms with Crippen molar-refractivity contribution in [1.82, 2.24) is 9.55 Å². The van der Waals surface area contributed by atoms with Crippen LogP contribution in [0, 0.1) is 0 Å². The molecular formula is C16H14F2N2O2. The molecule has 0 saturated heterocycles. The molecule has 0 unspecified atom stereocenters. The first-order valence-electron chi connectivity index (χ1n) is 6.76. The van der Waals surface area contributed by atoms with Crippen molar-refractivity contribution >= 4 is 11.0 Å². The summed E-state index contributed by atoms with van der Waals surface area (Å²) in [5.41, 5.74) is 2.45. The summed E-state index contributed by atoms with van der Waals surface area (Å²) < 4.78 is 30.8. The topological polar surface area (TPSA) is 47.3 Å². The van der Waals surface area contributed by atoms with E-state index >= 15 is 0 Å². The zero-order valence-corrected chi connectivity index (χ0v) is 11.6. The summed E-state index contributed by atoms with van der Waals surface area (Å²) in [5.74, 6) is 0.642. The van der Waals surface area contributed by atoms with Gasteiger partial charge in [0.05, 0.1) is 11.0 Å². The molecule has 3 aromatic rings. The van der Waals surface area contributed by atoms with Gasteiger partial charge in [0, 0.05) is 6.54 Å². The Kier molecular flexibility index (Phi) is 4.02. The first kappa shape index (κ1) is 14.5. The highest BCUT2D eigenvalue weighted by molar-refractivity contribution is 5.76. The monoisotopic (exact) mass is 304 g/mol. The van der Waals surface area contributed by atoms with Gasteiger partial charge in [-0.1, -0.05) is 24.3 Å². The second kappa shape index (κ2) is 6.11. The van der Waals surface area contributed by atoms with Crippen LogP contribution in [0.25, 0.3) is 11.0 Å². The number of hydrogen-bond acceptors (Lipinski definition) is 3. The van der Waals surface area contributed by atoms with Crippen LogP contribution in [0.1, 0.15) is 11.4 Å². The second-order valence-electron chi connectivity index (χ2n) is 4.79. The Labute approximate surface area is 125 Å². The number of aromatic nitrogens is 2. The van der Waals surface area contributed by atoms with Crippen LogP contribution in [-0.4, -0.2) is 21.3 Å². The lowest BCUT2D eigenvalue weighted by atomic mass is 10.2. The number of imidazole rings is 1. The summed E-state index contributed by atoms with van der Waals surface area (Å²) in [5, 5.41) is 9.46. The van der Waals surface area contributed by atoms with E-state index < -0.39 is 6.61 Å². The fourth-order valence-electron chi connectivity index (χ4n) is 2.43. The van der Waals surface area contributed by atoms with E-state index in [1.807, 2.05) is 34.9 Å². The molecule has 0 radical (unpaired) electrons. The average molecular weight is 304 g/mol. The number of rotatable bonds is 5. The Morgan fingerprint density at radius 3 is 2.73 bits per heavy atom. The molecule has 0 amide bonds. The third-order valence-corrected chi connectivity index (χ3v) is 3.34. The first-order valence-corrected chi connectivity index (χ1v) is 6.76. The third-order valence-electron chi connectivity index (χ3n) is 3.34. The number of aliphatic hydroxyl groups excluding tert-OH is 1. The normalized spacial score (nSPS) is 11.3. The molecule has 0 fully saturated rings. The van der Waals surface area contributed by atoms with Crippen molar-refractivity contribution in [2.24, 2.45) is 0 Å². The van der Waals surface area contributed by atoms with Crippen molar-refractivity contribution in [3.05, 3.63) is 59.9 Å². The Morgan fingerprint density at radius 1 is 1.14 bits per heavy atom. The minimum Gasteiger partial charge on any atom is -0.435 e. The number of alkyl halides is 2. The smallest absolute Gasteiger partial charge is 0.387 e. The Morgan fingerprint density at radius 2 is 1.95 bits per heavy atom. The Hall–Kier alpha value is -2.47. The lowest BCUT2D eigenvalue weighted by Crippen LogP contribution is -2.06. The highest BCUT2D eigenvalue weighted by Crippen LogP contribution is 2.21. The Balaban J connectivity index is 1.96. The van der Waals surface area contributed by atoms with Crippen molar-refractivity contribution in [2.75, 3.05) is 0 Å². The SMILES string of the molecule is OCc1nc2ccccc2n1Cc1cccc(OC(F)F)c1. The van der Waals surface area contributed by atoms with Gasteiger partial charge < -0.3 is 14.4 Å². The largest absolute Gasteiger partial charge is 0.435 e. The van der Waals surface area contributed by atoms with Gasteiger partial charge in [0.25, 0.3) is 0 Å². The minimum atomic E-state index is -2.85. The summed E-state index contributed by atoms with van der Waals surface area (Å²) in [7, 11) is 0. The highest BCUT2D eigenvalue weighted by Gasteiger charge is 2.11. The molecule has 1 heterocycles. The highest BCUT2D eigenvalue weighted by atomic mass is 19.3. The number of ether oxygens (including phenoxy) is 1. The third kappa shape index (κ3) is 2.92. The van der Waals surface area contributed by atoms with E-state index in [0.717, 1.165) is 16.6 Å². The summed E-state index contributed by atoms with van der Waals surface area (Å²) in [6, 6.07) is 14.0. The van der Waals surface area contributed by atoms with Crippen LogP contribution in [-0.2, 0) is 13.2 Å². The summed E-state index contributed by atoms with van der Waals surface area (Å²) in [4.78, 5) is 4.36. The van der Waals surface area contributed by atoms with Gasteiger partial charge in [-0.15, -0.1) is 0 Å². The lowest BCUT2D eigenvalue weighted by molar-refractivity contribution is -0.0498. The van der Waals surface area contributed by atoms with E-state index in [9.17, 15) is 13.9 Å². The van der Waals surface area contributed by atoms with E-state index in [1.54, 1.807) is 12.1 Å². The molecular weight excluding hydrogens is 290 g/mol.